The average Bonchev–Trinajstić information content (AvgIpc) is 2.15. The molecule has 0 saturated carbocycles. The van der Waals surface area contributed by atoms with Crippen LogP contribution in [0.15, 0.2) is 30.3 Å². The van der Waals surface area contributed by atoms with Crippen molar-refractivity contribution in [2.45, 2.75) is 25.9 Å². The molecular formula is C11H18N2. The van der Waals surface area contributed by atoms with Gasteiger partial charge in [-0.05, 0) is 5.56 Å². The molecule has 1 rings (SSSR count). The van der Waals surface area contributed by atoms with Gasteiger partial charge in [0.25, 0.3) is 0 Å². The topological polar surface area (TPSA) is 38.0 Å². The Bertz CT molecular complexity index is 231. The van der Waals surface area contributed by atoms with Gasteiger partial charge in [0.2, 0.25) is 0 Å². The fraction of sp³-hybridized carbons (Fsp3) is 0.455. The molecule has 2 heteroatoms. The van der Waals surface area contributed by atoms with Crippen LogP contribution in [0.4, 0.5) is 0 Å². The third-order valence-electron chi connectivity index (χ3n) is 1.97. The monoisotopic (exact) mass is 178 g/mol. The van der Waals surface area contributed by atoms with Gasteiger partial charge in [-0.3, -0.25) is 0 Å². The first-order valence-electron chi connectivity index (χ1n) is 4.75. The van der Waals surface area contributed by atoms with Gasteiger partial charge in [-0.15, -0.1) is 0 Å². The van der Waals surface area contributed by atoms with E-state index in [0.717, 1.165) is 0 Å². The van der Waals surface area contributed by atoms with Crippen molar-refractivity contribution in [3.63, 3.8) is 0 Å². The highest BCUT2D eigenvalue weighted by Crippen LogP contribution is 2.11. The molecule has 3 N–H and O–H groups in total. The summed E-state index contributed by atoms with van der Waals surface area (Å²) in [6.45, 7) is 4.90. The van der Waals surface area contributed by atoms with Gasteiger partial charge < -0.3 is 11.1 Å². The maximum atomic E-state index is 5.69. The Morgan fingerprint density at radius 3 is 2.31 bits per heavy atom. The predicted molar refractivity (Wildman–Crippen MR) is 56.5 cm³/mol. The molecule has 0 unspecified atom stereocenters. The number of hydrogen-bond acceptors (Lipinski definition) is 2. The van der Waals surface area contributed by atoms with Gasteiger partial charge in [-0.25, -0.2) is 0 Å². The van der Waals surface area contributed by atoms with Crippen molar-refractivity contribution < 1.29 is 0 Å². The average molecular weight is 178 g/mol. The molecule has 0 aliphatic rings. The first-order valence-corrected chi connectivity index (χ1v) is 4.75. The molecule has 0 radical (unpaired) electrons. The molecule has 0 fully saturated rings. The number of nitrogens with two attached hydrogens (primary N) is 1. The second-order valence-corrected chi connectivity index (χ2v) is 3.52. The fourth-order valence-corrected chi connectivity index (χ4v) is 1.39. The highest BCUT2D eigenvalue weighted by Gasteiger charge is 2.08. The Balaban J connectivity index is 2.67. The lowest BCUT2D eigenvalue weighted by atomic mass is 10.1. The highest BCUT2D eigenvalue weighted by molar-refractivity contribution is 5.19. The molecule has 2 nitrogen and oxygen atoms in total. The van der Waals surface area contributed by atoms with Crippen LogP contribution in [-0.2, 0) is 0 Å². The Morgan fingerprint density at radius 2 is 1.85 bits per heavy atom. The molecule has 0 aromatic heterocycles. The van der Waals surface area contributed by atoms with E-state index in [9.17, 15) is 0 Å². The maximum Gasteiger partial charge on any atom is 0.0446 e. The summed E-state index contributed by atoms with van der Waals surface area (Å²) < 4.78 is 0. The molecule has 13 heavy (non-hydrogen) atoms. The minimum Gasteiger partial charge on any atom is -0.329 e. The lowest BCUT2D eigenvalue weighted by Gasteiger charge is -2.19. The van der Waals surface area contributed by atoms with Crippen molar-refractivity contribution in [2.75, 3.05) is 6.54 Å². The summed E-state index contributed by atoms with van der Waals surface area (Å²) in [5, 5.41) is 3.42. The standard InChI is InChI=1S/C11H18N2/c1-9(2)13-11(8-12)10-6-4-3-5-7-10/h3-7,9,11,13H,8,12H2,1-2H3/t11-/m1/s1. The first-order chi connectivity index (χ1) is 6.24. The van der Waals surface area contributed by atoms with E-state index < -0.39 is 0 Å². The molecule has 0 aliphatic heterocycles. The van der Waals surface area contributed by atoms with Gasteiger partial charge in [0.05, 0.1) is 0 Å². The summed E-state index contributed by atoms with van der Waals surface area (Å²) in [4.78, 5) is 0. The molecule has 0 bridgehead atoms. The van der Waals surface area contributed by atoms with E-state index >= 15 is 0 Å². The zero-order valence-corrected chi connectivity index (χ0v) is 8.33. The minimum absolute atomic E-state index is 0.279. The SMILES string of the molecule is CC(C)N[C@H](CN)c1ccccc1. The van der Waals surface area contributed by atoms with Crippen molar-refractivity contribution in [3.05, 3.63) is 35.9 Å². The van der Waals surface area contributed by atoms with Crippen LogP contribution in [0.1, 0.15) is 25.5 Å². The Kier molecular flexibility index (Phi) is 3.93. The van der Waals surface area contributed by atoms with E-state index in [2.05, 4.69) is 31.3 Å². The van der Waals surface area contributed by atoms with Crippen LogP contribution >= 0.6 is 0 Å². The van der Waals surface area contributed by atoms with Crippen LogP contribution in [0.3, 0.4) is 0 Å². The minimum atomic E-state index is 0.279. The van der Waals surface area contributed by atoms with Gasteiger partial charge in [-0.2, -0.15) is 0 Å². The van der Waals surface area contributed by atoms with Crippen LogP contribution in [0.25, 0.3) is 0 Å². The number of nitrogens with one attached hydrogen (secondary N) is 1. The lowest BCUT2D eigenvalue weighted by Crippen LogP contribution is -2.33. The van der Waals surface area contributed by atoms with Crippen LogP contribution in [-0.4, -0.2) is 12.6 Å². The van der Waals surface area contributed by atoms with Crippen molar-refractivity contribution in [1.82, 2.24) is 5.32 Å². The second kappa shape index (κ2) is 5.00. The van der Waals surface area contributed by atoms with E-state index in [1.54, 1.807) is 0 Å². The van der Waals surface area contributed by atoms with E-state index in [1.807, 2.05) is 18.2 Å². The smallest absolute Gasteiger partial charge is 0.0446 e. The predicted octanol–water partition coefficient (Wildman–Crippen LogP) is 1.68. The third-order valence-corrected chi connectivity index (χ3v) is 1.97. The summed E-state index contributed by atoms with van der Waals surface area (Å²) in [6, 6.07) is 11.1. The molecule has 1 aromatic carbocycles. The fourth-order valence-electron chi connectivity index (χ4n) is 1.39. The van der Waals surface area contributed by atoms with Gasteiger partial charge in [0.15, 0.2) is 0 Å². The molecule has 0 amide bonds. The lowest BCUT2D eigenvalue weighted by molar-refractivity contribution is 0.484. The number of benzene rings is 1. The van der Waals surface area contributed by atoms with Gasteiger partial charge in [-0.1, -0.05) is 44.2 Å². The summed E-state index contributed by atoms with van der Waals surface area (Å²) in [5.74, 6) is 0. The van der Waals surface area contributed by atoms with Gasteiger partial charge in [0.1, 0.15) is 0 Å². The van der Waals surface area contributed by atoms with E-state index in [0.29, 0.717) is 12.6 Å². The van der Waals surface area contributed by atoms with E-state index in [-0.39, 0.29) is 6.04 Å². The summed E-state index contributed by atoms with van der Waals surface area (Å²) in [7, 11) is 0. The summed E-state index contributed by atoms with van der Waals surface area (Å²) >= 11 is 0. The zero-order chi connectivity index (χ0) is 9.68. The number of rotatable bonds is 4. The molecular weight excluding hydrogens is 160 g/mol. The van der Waals surface area contributed by atoms with E-state index in [4.69, 9.17) is 5.73 Å². The van der Waals surface area contributed by atoms with Crippen LogP contribution in [0.5, 0.6) is 0 Å². The Labute approximate surface area is 80.1 Å². The molecule has 1 aromatic rings. The van der Waals surface area contributed by atoms with E-state index in [1.165, 1.54) is 5.56 Å². The van der Waals surface area contributed by atoms with Crippen molar-refractivity contribution in [2.24, 2.45) is 5.73 Å². The highest BCUT2D eigenvalue weighted by atomic mass is 15.0. The molecule has 0 spiro atoms. The van der Waals surface area contributed by atoms with Crippen molar-refractivity contribution in [3.8, 4) is 0 Å². The molecule has 72 valence electrons. The largest absolute Gasteiger partial charge is 0.329 e. The van der Waals surface area contributed by atoms with Crippen LogP contribution in [0, 0.1) is 0 Å². The molecule has 0 saturated heterocycles. The third kappa shape index (κ3) is 3.17. The molecule has 1 atom stereocenters. The Hall–Kier alpha value is -0.860. The maximum absolute atomic E-state index is 5.69. The molecule has 0 heterocycles. The van der Waals surface area contributed by atoms with Gasteiger partial charge in [0, 0.05) is 18.6 Å². The Morgan fingerprint density at radius 1 is 1.23 bits per heavy atom. The number of hydrogen-bond donors (Lipinski definition) is 2. The quantitative estimate of drug-likeness (QED) is 0.736. The first kappa shape index (κ1) is 10.2. The second-order valence-electron chi connectivity index (χ2n) is 3.52. The summed E-state index contributed by atoms with van der Waals surface area (Å²) in [6.07, 6.45) is 0. The normalized spacial score (nSPS) is 13.2. The van der Waals surface area contributed by atoms with Gasteiger partial charge >= 0.3 is 0 Å². The van der Waals surface area contributed by atoms with Crippen LogP contribution in [0.2, 0.25) is 0 Å². The zero-order valence-electron chi connectivity index (χ0n) is 8.33. The summed E-state index contributed by atoms with van der Waals surface area (Å²) in [5.41, 5.74) is 6.95. The van der Waals surface area contributed by atoms with Crippen LogP contribution < -0.4 is 11.1 Å². The van der Waals surface area contributed by atoms with Crippen molar-refractivity contribution >= 4 is 0 Å². The van der Waals surface area contributed by atoms with Crippen molar-refractivity contribution in [1.29, 1.82) is 0 Å². The molecule has 0 aliphatic carbocycles.